The van der Waals surface area contributed by atoms with E-state index in [1.165, 1.54) is 19.3 Å². The maximum Gasteiger partial charge on any atom is 0.227 e. The van der Waals surface area contributed by atoms with Gasteiger partial charge in [0.15, 0.2) is 0 Å². The summed E-state index contributed by atoms with van der Waals surface area (Å²) in [5, 5.41) is 7.40. The summed E-state index contributed by atoms with van der Waals surface area (Å²) in [4.78, 5) is 12.7. The van der Waals surface area contributed by atoms with Gasteiger partial charge >= 0.3 is 0 Å². The van der Waals surface area contributed by atoms with Crippen molar-refractivity contribution in [1.29, 1.82) is 0 Å². The Hall–Kier alpha value is -0.220. The third kappa shape index (κ3) is 3.46. The Morgan fingerprint density at radius 3 is 2.79 bits per heavy atom. The van der Waals surface area contributed by atoms with Crippen LogP contribution >= 0.6 is 11.8 Å². The molecule has 2 N–H and O–H groups in total. The molecule has 1 saturated carbocycles. The highest BCUT2D eigenvalue weighted by Gasteiger charge is 2.39. The molecule has 1 aliphatic carbocycles. The van der Waals surface area contributed by atoms with E-state index in [2.05, 4.69) is 23.8 Å². The molecule has 19 heavy (non-hydrogen) atoms. The summed E-state index contributed by atoms with van der Waals surface area (Å²) in [5.41, 5.74) is -0.154. The number of amides is 1. The van der Waals surface area contributed by atoms with E-state index in [1.807, 2.05) is 11.8 Å². The van der Waals surface area contributed by atoms with Gasteiger partial charge in [0.1, 0.15) is 0 Å². The number of carbonyl (C=O) groups is 1. The molecule has 2 rings (SSSR count). The molecule has 0 aromatic heterocycles. The van der Waals surface area contributed by atoms with Gasteiger partial charge in [0, 0.05) is 17.8 Å². The average Bonchev–Trinajstić information content (AvgIpc) is 2.48. The lowest BCUT2D eigenvalue weighted by atomic mass is 9.77. The molecule has 3 nitrogen and oxygen atoms in total. The molecular formula is C15H28N2OS. The third-order valence-electron chi connectivity index (χ3n) is 4.95. The van der Waals surface area contributed by atoms with E-state index in [-0.39, 0.29) is 5.41 Å². The van der Waals surface area contributed by atoms with Crippen molar-refractivity contribution in [2.24, 2.45) is 5.41 Å². The van der Waals surface area contributed by atoms with Crippen LogP contribution in [0.2, 0.25) is 0 Å². The SMILES string of the molecule is CCC1(C(=O)NC2CCCCC2SC)CCCNC1. The first-order valence-electron chi connectivity index (χ1n) is 7.76. The molecule has 3 atom stereocenters. The highest BCUT2D eigenvalue weighted by Crippen LogP contribution is 2.32. The molecule has 1 heterocycles. The van der Waals surface area contributed by atoms with Gasteiger partial charge in [-0.2, -0.15) is 11.8 Å². The van der Waals surface area contributed by atoms with Gasteiger partial charge in [0.05, 0.1) is 5.41 Å². The number of hydrogen-bond acceptors (Lipinski definition) is 3. The Morgan fingerprint density at radius 2 is 2.16 bits per heavy atom. The number of hydrogen-bond donors (Lipinski definition) is 2. The maximum absolute atomic E-state index is 12.7. The van der Waals surface area contributed by atoms with Crippen molar-refractivity contribution in [3.05, 3.63) is 0 Å². The summed E-state index contributed by atoms with van der Waals surface area (Å²) in [5.74, 6) is 0.299. The summed E-state index contributed by atoms with van der Waals surface area (Å²) in [6.45, 7) is 4.07. The zero-order valence-electron chi connectivity index (χ0n) is 12.3. The second kappa shape index (κ2) is 6.98. The van der Waals surface area contributed by atoms with Crippen LogP contribution < -0.4 is 10.6 Å². The standard InChI is InChI=1S/C15H28N2OS/c1-3-15(9-6-10-16-11-15)14(18)17-12-7-4-5-8-13(12)19-2/h12-13,16H,3-11H2,1-2H3,(H,17,18). The Morgan fingerprint density at radius 1 is 1.37 bits per heavy atom. The van der Waals surface area contributed by atoms with Crippen LogP contribution in [0.15, 0.2) is 0 Å². The van der Waals surface area contributed by atoms with E-state index in [9.17, 15) is 4.79 Å². The van der Waals surface area contributed by atoms with Crippen LogP contribution in [0.5, 0.6) is 0 Å². The molecule has 0 aromatic rings. The van der Waals surface area contributed by atoms with Gasteiger partial charge in [-0.3, -0.25) is 4.79 Å². The van der Waals surface area contributed by atoms with Crippen molar-refractivity contribution in [2.75, 3.05) is 19.3 Å². The monoisotopic (exact) mass is 284 g/mol. The molecule has 0 radical (unpaired) electrons. The predicted molar refractivity (Wildman–Crippen MR) is 82.5 cm³/mol. The van der Waals surface area contributed by atoms with Gasteiger partial charge in [-0.25, -0.2) is 0 Å². The first-order valence-corrected chi connectivity index (χ1v) is 9.05. The van der Waals surface area contributed by atoms with E-state index in [4.69, 9.17) is 0 Å². The molecule has 0 bridgehead atoms. The van der Waals surface area contributed by atoms with Crippen LogP contribution in [-0.2, 0) is 4.79 Å². The van der Waals surface area contributed by atoms with E-state index in [0.717, 1.165) is 38.8 Å². The van der Waals surface area contributed by atoms with E-state index in [0.29, 0.717) is 17.2 Å². The molecule has 110 valence electrons. The number of thioether (sulfide) groups is 1. The minimum absolute atomic E-state index is 0.154. The third-order valence-corrected chi connectivity index (χ3v) is 6.12. The van der Waals surface area contributed by atoms with Gasteiger partial charge in [-0.15, -0.1) is 0 Å². The molecule has 2 aliphatic rings. The zero-order chi connectivity index (χ0) is 13.7. The summed E-state index contributed by atoms with van der Waals surface area (Å²) < 4.78 is 0. The first kappa shape index (κ1) is 15.2. The van der Waals surface area contributed by atoms with Crippen molar-refractivity contribution >= 4 is 17.7 Å². The molecule has 4 heteroatoms. The summed E-state index contributed by atoms with van der Waals surface area (Å²) >= 11 is 1.92. The summed E-state index contributed by atoms with van der Waals surface area (Å²) in [6, 6.07) is 0.390. The normalized spacial score (nSPS) is 35.9. The molecule has 1 amide bonds. The van der Waals surface area contributed by atoms with E-state index >= 15 is 0 Å². The lowest BCUT2D eigenvalue weighted by Crippen LogP contribution is -2.54. The van der Waals surface area contributed by atoms with Crippen LogP contribution in [0.3, 0.4) is 0 Å². The molecule has 0 aromatic carbocycles. The highest BCUT2D eigenvalue weighted by molar-refractivity contribution is 7.99. The quantitative estimate of drug-likeness (QED) is 0.833. The van der Waals surface area contributed by atoms with Crippen LogP contribution in [-0.4, -0.2) is 36.5 Å². The Kier molecular flexibility index (Phi) is 5.58. The topological polar surface area (TPSA) is 41.1 Å². The molecule has 3 unspecified atom stereocenters. The first-order chi connectivity index (χ1) is 9.22. The second-order valence-electron chi connectivity index (χ2n) is 6.05. The van der Waals surface area contributed by atoms with Crippen LogP contribution in [0, 0.1) is 5.41 Å². The van der Waals surface area contributed by atoms with Crippen LogP contribution in [0.4, 0.5) is 0 Å². The highest BCUT2D eigenvalue weighted by atomic mass is 32.2. The fourth-order valence-electron chi connectivity index (χ4n) is 3.49. The number of carbonyl (C=O) groups excluding carboxylic acids is 1. The molecular weight excluding hydrogens is 256 g/mol. The van der Waals surface area contributed by atoms with Gasteiger partial charge < -0.3 is 10.6 Å². The molecule has 1 aliphatic heterocycles. The van der Waals surface area contributed by atoms with Gasteiger partial charge in [-0.1, -0.05) is 19.8 Å². The number of nitrogens with one attached hydrogen (secondary N) is 2. The van der Waals surface area contributed by atoms with Gasteiger partial charge in [0.2, 0.25) is 5.91 Å². The minimum Gasteiger partial charge on any atom is -0.352 e. The summed E-state index contributed by atoms with van der Waals surface area (Å²) in [7, 11) is 0. The number of piperidine rings is 1. The zero-order valence-corrected chi connectivity index (χ0v) is 13.2. The fraction of sp³-hybridized carbons (Fsp3) is 0.933. The molecule has 1 saturated heterocycles. The van der Waals surface area contributed by atoms with Crippen molar-refractivity contribution < 1.29 is 4.79 Å². The maximum atomic E-state index is 12.7. The minimum atomic E-state index is -0.154. The Bertz CT molecular complexity index is 303. The van der Waals surface area contributed by atoms with Crippen molar-refractivity contribution in [1.82, 2.24) is 10.6 Å². The van der Waals surface area contributed by atoms with Crippen LogP contribution in [0.1, 0.15) is 51.9 Å². The van der Waals surface area contributed by atoms with E-state index < -0.39 is 0 Å². The van der Waals surface area contributed by atoms with Crippen molar-refractivity contribution in [3.8, 4) is 0 Å². The lowest BCUT2D eigenvalue weighted by Gasteiger charge is -2.39. The smallest absolute Gasteiger partial charge is 0.227 e. The van der Waals surface area contributed by atoms with Crippen molar-refractivity contribution in [2.45, 2.75) is 63.2 Å². The predicted octanol–water partition coefficient (Wildman–Crippen LogP) is 2.56. The average molecular weight is 284 g/mol. The molecule has 0 spiro atoms. The van der Waals surface area contributed by atoms with E-state index in [1.54, 1.807) is 0 Å². The molecule has 2 fully saturated rings. The number of rotatable bonds is 4. The van der Waals surface area contributed by atoms with Gasteiger partial charge in [-0.05, 0) is 44.9 Å². The Labute approximate surface area is 121 Å². The lowest BCUT2D eigenvalue weighted by molar-refractivity contribution is -0.133. The Balaban J connectivity index is 1.98. The summed E-state index contributed by atoms with van der Waals surface area (Å²) in [6.07, 6.45) is 10.3. The van der Waals surface area contributed by atoms with Crippen LogP contribution in [0.25, 0.3) is 0 Å². The second-order valence-corrected chi connectivity index (χ2v) is 7.13. The van der Waals surface area contributed by atoms with Gasteiger partial charge in [0.25, 0.3) is 0 Å². The fourth-order valence-corrected chi connectivity index (χ4v) is 4.42. The largest absolute Gasteiger partial charge is 0.352 e. The van der Waals surface area contributed by atoms with Crippen molar-refractivity contribution in [3.63, 3.8) is 0 Å².